The van der Waals surface area contributed by atoms with E-state index in [-0.39, 0.29) is 16.9 Å². The molecule has 1 fully saturated rings. The van der Waals surface area contributed by atoms with Gasteiger partial charge in [-0.2, -0.15) is 4.98 Å². The van der Waals surface area contributed by atoms with Gasteiger partial charge in [-0.3, -0.25) is 4.90 Å². The van der Waals surface area contributed by atoms with E-state index in [2.05, 4.69) is 55.4 Å². The van der Waals surface area contributed by atoms with Crippen molar-refractivity contribution < 1.29 is 27.8 Å². The number of rotatable bonds is 11. The SMILES string of the molecule is COC(=O)c1ccc(N2CCN(CC3=C(c4ccc(Cl)cc4)CC(C)(C)CC3)CC2)cc1N1CC(F)(F)COc2nc3c(ccn3COCC[Si](C)(C)C)cc21. The van der Waals surface area contributed by atoms with Crippen LogP contribution in [0.2, 0.25) is 30.7 Å². The third-order valence-corrected chi connectivity index (χ3v) is 13.2. The fraction of sp³-hybridized carbons (Fsp3) is 0.488. The summed E-state index contributed by atoms with van der Waals surface area (Å²) in [6.07, 6.45) is 5.13. The van der Waals surface area contributed by atoms with Gasteiger partial charge in [0.15, 0.2) is 6.61 Å². The molecule has 56 heavy (non-hydrogen) atoms. The molecule has 7 rings (SSSR count). The normalized spacial score (nSPS) is 18.8. The first-order chi connectivity index (χ1) is 26.6. The number of hydrogen-bond acceptors (Lipinski definition) is 8. The van der Waals surface area contributed by atoms with Crippen LogP contribution in [0.3, 0.4) is 0 Å². The molecule has 0 bridgehead atoms. The van der Waals surface area contributed by atoms with Crippen LogP contribution in [0.5, 0.6) is 5.88 Å². The minimum atomic E-state index is -3.23. The Bertz CT molecular complexity index is 2090. The van der Waals surface area contributed by atoms with Crippen LogP contribution in [0.1, 0.15) is 49.0 Å². The molecule has 3 aliphatic rings. The number of methoxy groups -OCH3 is 1. The van der Waals surface area contributed by atoms with E-state index in [1.807, 2.05) is 47.2 Å². The Morgan fingerprint density at radius 2 is 1.75 bits per heavy atom. The molecule has 0 spiro atoms. The molecular formula is C43H54ClF2N5O4Si. The number of piperazine rings is 1. The molecule has 0 amide bonds. The number of halogens is 3. The molecule has 0 N–H and O–H groups in total. The second-order valence-corrected chi connectivity index (χ2v) is 23.5. The van der Waals surface area contributed by atoms with Gasteiger partial charge in [0.05, 0.1) is 24.9 Å². The predicted octanol–water partition coefficient (Wildman–Crippen LogP) is 9.74. The topological polar surface area (TPSA) is 72.3 Å². The van der Waals surface area contributed by atoms with Gasteiger partial charge in [0.1, 0.15) is 18.1 Å². The number of aromatic nitrogens is 2. The van der Waals surface area contributed by atoms with E-state index < -0.39 is 33.1 Å². The Morgan fingerprint density at radius 3 is 2.46 bits per heavy atom. The predicted molar refractivity (Wildman–Crippen MR) is 224 cm³/mol. The van der Waals surface area contributed by atoms with Crippen molar-refractivity contribution in [1.82, 2.24) is 14.5 Å². The molecule has 0 saturated carbocycles. The highest BCUT2D eigenvalue weighted by atomic mass is 35.5. The fourth-order valence-corrected chi connectivity index (χ4v) is 8.78. The van der Waals surface area contributed by atoms with E-state index >= 15 is 8.78 Å². The quantitative estimate of drug-likeness (QED) is 0.0844. The number of benzene rings is 2. The second-order valence-electron chi connectivity index (χ2n) is 17.5. The maximum atomic E-state index is 15.6. The minimum Gasteiger partial charge on any atom is -0.470 e. The standard InChI is InChI=1S/C43H54ClF2N5O4Si/c1-42(2)15-13-32(36(25-42)30-7-9-33(44)10-8-30)26-48-17-19-49(20-18-48)34-11-12-35(41(52)53-3)37(24-34)51-27-43(45,46)28-55-40-38(51)23-31-14-16-50(39(31)47-40)29-54-21-22-56(4,5)6/h7-12,14,16,23-24H,13,15,17-22,25-29H2,1-6H3. The molecule has 4 heterocycles. The lowest BCUT2D eigenvalue weighted by atomic mass is 9.72. The highest BCUT2D eigenvalue weighted by Gasteiger charge is 2.40. The Morgan fingerprint density at radius 1 is 1.00 bits per heavy atom. The molecule has 4 aromatic rings. The van der Waals surface area contributed by atoms with Crippen molar-refractivity contribution in [3.8, 4) is 5.88 Å². The van der Waals surface area contributed by atoms with Gasteiger partial charge in [-0.25, -0.2) is 13.6 Å². The zero-order chi connectivity index (χ0) is 39.8. The molecule has 0 atom stereocenters. The summed E-state index contributed by atoms with van der Waals surface area (Å²) < 4.78 is 49.9. The van der Waals surface area contributed by atoms with Gasteiger partial charge in [-0.15, -0.1) is 0 Å². The van der Waals surface area contributed by atoms with Crippen molar-refractivity contribution in [1.29, 1.82) is 0 Å². The molecule has 1 saturated heterocycles. The van der Waals surface area contributed by atoms with Gasteiger partial charge in [-0.1, -0.05) is 62.8 Å². The van der Waals surface area contributed by atoms with Crippen LogP contribution in [-0.2, 0) is 16.2 Å². The lowest BCUT2D eigenvalue weighted by Crippen LogP contribution is -2.47. The lowest BCUT2D eigenvalue weighted by molar-refractivity contribution is -0.0286. The summed E-state index contributed by atoms with van der Waals surface area (Å²) in [6, 6.07) is 18.3. The van der Waals surface area contributed by atoms with Gasteiger partial charge >= 0.3 is 5.97 Å². The molecular weight excluding hydrogens is 752 g/mol. The minimum absolute atomic E-state index is 0.0740. The van der Waals surface area contributed by atoms with E-state index in [0.29, 0.717) is 30.4 Å². The first-order valence-corrected chi connectivity index (χ1v) is 23.7. The zero-order valence-corrected chi connectivity index (χ0v) is 35.2. The van der Waals surface area contributed by atoms with E-state index in [0.717, 1.165) is 74.1 Å². The number of ether oxygens (including phenoxy) is 3. The Hall–Kier alpha value is -3.97. The van der Waals surface area contributed by atoms with Crippen LogP contribution >= 0.6 is 11.6 Å². The Kier molecular flexibility index (Phi) is 11.6. The Balaban J connectivity index is 1.14. The maximum absolute atomic E-state index is 15.6. The van der Waals surface area contributed by atoms with Crippen molar-refractivity contribution in [3.63, 3.8) is 0 Å². The van der Waals surface area contributed by atoms with Gasteiger partial charge in [-0.05, 0) is 84.3 Å². The number of esters is 1. The summed E-state index contributed by atoms with van der Waals surface area (Å²) in [7, 11) is 0.0372. The summed E-state index contributed by atoms with van der Waals surface area (Å²) >= 11 is 6.24. The number of carbonyl (C=O) groups is 1. The lowest BCUT2D eigenvalue weighted by Gasteiger charge is -2.39. The summed E-state index contributed by atoms with van der Waals surface area (Å²) in [5, 5.41) is 1.49. The average molecular weight is 806 g/mol. The van der Waals surface area contributed by atoms with Crippen LogP contribution in [0.4, 0.5) is 25.8 Å². The number of alkyl halides is 2. The van der Waals surface area contributed by atoms with Crippen molar-refractivity contribution in [2.24, 2.45) is 5.41 Å². The number of carbonyl (C=O) groups excluding carboxylic acids is 1. The molecule has 13 heteroatoms. The van der Waals surface area contributed by atoms with Crippen LogP contribution in [0.15, 0.2) is 66.4 Å². The largest absolute Gasteiger partial charge is 0.470 e. The van der Waals surface area contributed by atoms with Gasteiger partial charge < -0.3 is 28.6 Å². The smallest absolute Gasteiger partial charge is 0.339 e. The van der Waals surface area contributed by atoms with E-state index in [4.69, 9.17) is 30.8 Å². The van der Waals surface area contributed by atoms with Crippen molar-refractivity contribution in [3.05, 3.63) is 82.5 Å². The average Bonchev–Trinajstić information content (AvgIpc) is 3.50. The molecule has 300 valence electrons. The number of nitrogens with zero attached hydrogens (tertiary/aromatic N) is 5. The van der Waals surface area contributed by atoms with Crippen molar-refractivity contribution in [2.75, 3.05) is 69.4 Å². The zero-order valence-electron chi connectivity index (χ0n) is 33.5. The molecule has 0 unspecified atom stereocenters. The van der Waals surface area contributed by atoms with Crippen molar-refractivity contribution in [2.45, 2.75) is 71.4 Å². The van der Waals surface area contributed by atoms with Crippen LogP contribution in [-0.4, -0.2) is 94.0 Å². The molecule has 1 aliphatic carbocycles. The van der Waals surface area contributed by atoms with Crippen LogP contribution in [0, 0.1) is 5.41 Å². The molecule has 2 aliphatic heterocycles. The Labute approximate surface area is 335 Å². The monoisotopic (exact) mass is 805 g/mol. The van der Waals surface area contributed by atoms with E-state index in [1.54, 1.807) is 6.07 Å². The first kappa shape index (κ1) is 40.2. The number of fused-ring (bicyclic) bond motifs is 2. The fourth-order valence-electron chi connectivity index (χ4n) is 7.90. The third kappa shape index (κ3) is 9.25. The molecule has 0 radical (unpaired) electrons. The van der Waals surface area contributed by atoms with Gasteiger partial charge in [0.25, 0.3) is 5.92 Å². The summed E-state index contributed by atoms with van der Waals surface area (Å²) in [4.78, 5) is 24.2. The molecule has 2 aromatic heterocycles. The first-order valence-electron chi connectivity index (χ1n) is 19.6. The summed E-state index contributed by atoms with van der Waals surface area (Å²) in [6.45, 7) is 15.1. The number of hydrogen-bond donors (Lipinski definition) is 0. The van der Waals surface area contributed by atoms with Crippen LogP contribution < -0.4 is 14.5 Å². The molecule has 2 aromatic carbocycles. The van der Waals surface area contributed by atoms with Gasteiger partial charge in [0, 0.05) is 69.7 Å². The summed E-state index contributed by atoms with van der Waals surface area (Å²) in [5.74, 6) is -3.77. The van der Waals surface area contributed by atoms with Crippen molar-refractivity contribution >= 4 is 59.3 Å². The maximum Gasteiger partial charge on any atom is 0.339 e. The highest BCUT2D eigenvalue weighted by Crippen LogP contribution is 2.45. The van der Waals surface area contributed by atoms with Crippen LogP contribution in [0.25, 0.3) is 16.6 Å². The number of anilines is 3. The molecule has 9 nitrogen and oxygen atoms in total. The summed E-state index contributed by atoms with van der Waals surface area (Å²) in [5.41, 5.74) is 6.69. The third-order valence-electron chi connectivity index (χ3n) is 11.2. The number of pyridine rings is 1. The highest BCUT2D eigenvalue weighted by molar-refractivity contribution is 6.76. The van der Waals surface area contributed by atoms with Gasteiger partial charge in [0.2, 0.25) is 5.88 Å². The second kappa shape index (κ2) is 16.1. The van der Waals surface area contributed by atoms with E-state index in [1.165, 1.54) is 28.7 Å². The van der Waals surface area contributed by atoms with E-state index in [9.17, 15) is 4.79 Å². The number of allylic oxidation sites excluding steroid dienone is 1.